The molecule has 0 aliphatic heterocycles. The van der Waals surface area contributed by atoms with Crippen molar-refractivity contribution in [1.29, 1.82) is 0 Å². The van der Waals surface area contributed by atoms with Gasteiger partial charge >= 0.3 is 55.7 Å². The molecule has 0 aromatic heterocycles. The van der Waals surface area contributed by atoms with Gasteiger partial charge in [0.15, 0.2) is 0 Å². The first-order chi connectivity index (χ1) is 1.91. The van der Waals surface area contributed by atoms with E-state index in [4.69, 9.17) is 0 Å². The van der Waals surface area contributed by atoms with Gasteiger partial charge in [0.1, 0.15) is 0 Å². The van der Waals surface area contributed by atoms with Crippen LogP contribution in [0.3, 0.4) is 0 Å². The van der Waals surface area contributed by atoms with E-state index < -0.39 is 0 Å². The molecule has 2 heteroatoms. The van der Waals surface area contributed by atoms with E-state index in [1.807, 2.05) is 0 Å². The van der Waals surface area contributed by atoms with Crippen molar-refractivity contribution in [2.45, 2.75) is 1.39 Å². The summed E-state index contributed by atoms with van der Waals surface area (Å²) in [5, 5.41) is 0. The van der Waals surface area contributed by atoms with Crippen LogP contribution in [0, 0.1) is 0 Å². The van der Waals surface area contributed by atoms with Gasteiger partial charge in [0.25, 0.3) is 0 Å². The predicted molar refractivity (Wildman–Crippen MR) is 18.0 cm³/mol. The summed E-state index contributed by atoms with van der Waals surface area (Å²) in [5.74, 6) is 0. The molecule has 0 atom stereocenters. The minimum absolute atomic E-state index is 0.617. The Morgan fingerprint density at radius 3 is 2.25 bits per heavy atom. The molecule has 1 nitrogen and oxygen atoms in total. The summed E-state index contributed by atoms with van der Waals surface area (Å²) in [4.78, 5) is 9.23. The fourth-order valence-corrected chi connectivity index (χ4v) is 0. The van der Waals surface area contributed by atoms with E-state index in [1.165, 1.54) is 0 Å². The van der Waals surface area contributed by atoms with Crippen molar-refractivity contribution < 1.29 is 4.79 Å². The molecule has 0 heterocycles. The van der Waals surface area contributed by atoms with Crippen LogP contribution in [0.15, 0.2) is 0 Å². The standard InChI is InChI=1S/C2H3O.Sr.H/c1-2-3;;/h2H,1H2;;. The van der Waals surface area contributed by atoms with Crippen LogP contribution in [0.2, 0.25) is 1.39 Å². The molecule has 0 aromatic carbocycles. The molecule has 4 heavy (non-hydrogen) atoms. The Morgan fingerprint density at radius 2 is 2.25 bits per heavy atom. The number of aldehydes is 1. The molecule has 0 radical (unpaired) electrons. The van der Waals surface area contributed by atoms with Crippen molar-refractivity contribution in [3.05, 3.63) is 0 Å². The molecule has 0 fully saturated rings. The predicted octanol–water partition coefficient (Wildman–Crippen LogP) is -0.496. The van der Waals surface area contributed by atoms with Crippen LogP contribution in [0.25, 0.3) is 0 Å². The summed E-state index contributed by atoms with van der Waals surface area (Å²) < 4.78 is 0.849. The first-order valence-corrected chi connectivity index (χ1v) is 4.83. The normalized spacial score (nSPS) is 5.75. The van der Waals surface area contributed by atoms with Crippen molar-refractivity contribution in [1.82, 2.24) is 0 Å². The number of carbonyl (C=O) groups excluding carboxylic acids is 1. The van der Waals surface area contributed by atoms with Crippen molar-refractivity contribution in [2.75, 3.05) is 0 Å². The SMILES string of the molecule is O=C[CH2][SrH]. The molecular formula is C2H4OSr. The van der Waals surface area contributed by atoms with E-state index >= 15 is 0 Å². The Bertz CT molecular complexity index is 20.0. The molecule has 0 amide bonds. The third-order valence-corrected chi connectivity index (χ3v) is 0.986. The topological polar surface area (TPSA) is 17.1 Å². The Hall–Kier alpha value is 1.15. The first-order valence-electron chi connectivity index (χ1n) is 1.35. The van der Waals surface area contributed by atoms with E-state index in [1.54, 1.807) is 0 Å². The van der Waals surface area contributed by atoms with Gasteiger partial charge in [-0.25, -0.2) is 0 Å². The van der Waals surface area contributed by atoms with Crippen molar-refractivity contribution >= 4 is 49.5 Å². The summed E-state index contributed by atoms with van der Waals surface area (Å²) >= 11 is 0.617. The van der Waals surface area contributed by atoms with Crippen LogP contribution in [0.4, 0.5) is 0 Å². The summed E-state index contributed by atoms with van der Waals surface area (Å²) in [6, 6.07) is 0. The Balaban J connectivity index is 2.30. The van der Waals surface area contributed by atoms with Crippen LogP contribution in [0.5, 0.6) is 0 Å². The number of hydrogen-bond donors (Lipinski definition) is 0. The van der Waals surface area contributed by atoms with Crippen molar-refractivity contribution in [2.24, 2.45) is 0 Å². The summed E-state index contributed by atoms with van der Waals surface area (Å²) in [6.45, 7) is 0. The summed E-state index contributed by atoms with van der Waals surface area (Å²) in [5.41, 5.74) is 0. The molecule has 0 aromatic rings. The molecule has 20 valence electrons. The maximum absolute atomic E-state index is 9.23. The van der Waals surface area contributed by atoms with Gasteiger partial charge in [-0.3, -0.25) is 0 Å². The van der Waals surface area contributed by atoms with Crippen molar-refractivity contribution in [3.8, 4) is 0 Å². The second-order valence-corrected chi connectivity index (χ2v) is 2.58. The van der Waals surface area contributed by atoms with Gasteiger partial charge in [0.2, 0.25) is 0 Å². The zero-order valence-corrected chi connectivity index (χ0v) is 7.61. The van der Waals surface area contributed by atoms with Gasteiger partial charge in [-0.2, -0.15) is 0 Å². The van der Waals surface area contributed by atoms with E-state index in [0.29, 0.717) is 43.3 Å². The fourth-order valence-electron chi connectivity index (χ4n) is 0. The summed E-state index contributed by atoms with van der Waals surface area (Å²) in [7, 11) is 0. The second kappa shape index (κ2) is 4.15. The second-order valence-electron chi connectivity index (χ2n) is 0.575. The number of rotatable bonds is 1. The monoisotopic (exact) mass is 132 g/mol. The first kappa shape index (κ1) is 5.15. The molecule has 0 saturated carbocycles. The third kappa shape index (κ3) is 3.15. The van der Waals surface area contributed by atoms with E-state index in [2.05, 4.69) is 0 Å². The van der Waals surface area contributed by atoms with Gasteiger partial charge < -0.3 is 0 Å². The van der Waals surface area contributed by atoms with Crippen LogP contribution >= 0.6 is 0 Å². The molecule has 0 N–H and O–H groups in total. The number of hydrogen-bond acceptors (Lipinski definition) is 1. The van der Waals surface area contributed by atoms with E-state index in [-0.39, 0.29) is 0 Å². The molecule has 0 saturated heterocycles. The molecule has 0 spiro atoms. The molecule has 0 rings (SSSR count). The summed E-state index contributed by atoms with van der Waals surface area (Å²) in [6.07, 6.45) is 0.968. The van der Waals surface area contributed by atoms with E-state index in [0.717, 1.165) is 7.68 Å². The maximum atomic E-state index is 9.23. The zero-order valence-electron chi connectivity index (χ0n) is 2.69. The Kier molecular flexibility index (Phi) is 5.34. The average molecular weight is 132 g/mol. The van der Waals surface area contributed by atoms with Crippen LogP contribution in [-0.4, -0.2) is 49.5 Å². The van der Waals surface area contributed by atoms with Gasteiger partial charge in [0.05, 0.1) is 0 Å². The van der Waals surface area contributed by atoms with Gasteiger partial charge in [-0.05, 0) is 0 Å². The van der Waals surface area contributed by atoms with Gasteiger partial charge in [-0.1, -0.05) is 0 Å². The van der Waals surface area contributed by atoms with Crippen LogP contribution in [-0.2, 0) is 4.79 Å². The van der Waals surface area contributed by atoms with Crippen LogP contribution < -0.4 is 0 Å². The van der Waals surface area contributed by atoms with Crippen LogP contribution in [0.1, 0.15) is 0 Å². The quantitative estimate of drug-likeness (QED) is 0.347. The zero-order chi connectivity index (χ0) is 3.41. The van der Waals surface area contributed by atoms with Gasteiger partial charge in [-0.15, -0.1) is 0 Å². The minimum atomic E-state index is 0.617. The molecule has 0 aliphatic carbocycles. The molecular weight excluding hydrogens is 128 g/mol. The van der Waals surface area contributed by atoms with E-state index in [9.17, 15) is 4.79 Å². The fraction of sp³-hybridized carbons (Fsp3) is 0.500. The Labute approximate surface area is 54.9 Å². The number of carbonyl (C=O) groups is 1. The van der Waals surface area contributed by atoms with Gasteiger partial charge in [0, 0.05) is 0 Å². The molecule has 0 bridgehead atoms. The third-order valence-electron chi connectivity index (χ3n) is 0.167. The van der Waals surface area contributed by atoms with Crippen molar-refractivity contribution in [3.63, 3.8) is 0 Å². The Morgan fingerprint density at radius 1 is 2.00 bits per heavy atom. The molecule has 0 aliphatic rings. The molecule has 0 unspecified atom stereocenters. The average Bonchev–Trinajstić information content (AvgIpc) is 1.37.